The molecule has 0 saturated carbocycles. The molecular weight excluding hydrogens is 200 g/mol. The summed E-state index contributed by atoms with van der Waals surface area (Å²) in [7, 11) is 1.70. The van der Waals surface area contributed by atoms with Crippen molar-refractivity contribution in [2.24, 2.45) is 11.7 Å². The molecule has 0 radical (unpaired) electrons. The van der Waals surface area contributed by atoms with Crippen molar-refractivity contribution in [2.75, 3.05) is 25.1 Å². The molecule has 1 aromatic carbocycles. The first-order chi connectivity index (χ1) is 7.76. The molecule has 1 aromatic rings. The minimum Gasteiger partial charge on any atom is -0.497 e. The summed E-state index contributed by atoms with van der Waals surface area (Å²) in [6, 6.07) is 8.77. The Kier molecular flexibility index (Phi) is 3.34. The van der Waals surface area contributed by atoms with Crippen molar-refractivity contribution < 1.29 is 4.74 Å². The maximum absolute atomic E-state index is 5.77. The molecule has 1 heterocycles. The third-order valence-corrected chi connectivity index (χ3v) is 3.60. The van der Waals surface area contributed by atoms with Crippen molar-refractivity contribution in [3.05, 3.63) is 24.3 Å². The summed E-state index contributed by atoms with van der Waals surface area (Å²) in [5, 5.41) is 0. The van der Waals surface area contributed by atoms with Gasteiger partial charge in [-0.05, 0) is 37.9 Å². The lowest BCUT2D eigenvalue weighted by atomic mass is 10.0. The number of hydrogen-bond acceptors (Lipinski definition) is 3. The summed E-state index contributed by atoms with van der Waals surface area (Å²) in [6.45, 7) is 4.13. The van der Waals surface area contributed by atoms with Gasteiger partial charge < -0.3 is 15.4 Å². The second kappa shape index (κ2) is 4.74. The number of hydrogen-bond donors (Lipinski definition) is 1. The highest BCUT2D eigenvalue weighted by Gasteiger charge is 2.29. The van der Waals surface area contributed by atoms with E-state index in [1.54, 1.807) is 7.11 Å². The van der Waals surface area contributed by atoms with Gasteiger partial charge in [0.15, 0.2) is 0 Å². The minimum absolute atomic E-state index is 0.525. The van der Waals surface area contributed by atoms with Crippen molar-refractivity contribution in [2.45, 2.75) is 19.4 Å². The minimum atomic E-state index is 0.525. The topological polar surface area (TPSA) is 38.5 Å². The molecule has 0 bridgehead atoms. The average molecular weight is 220 g/mol. The van der Waals surface area contributed by atoms with Crippen molar-refractivity contribution in [1.82, 2.24) is 0 Å². The first-order valence-corrected chi connectivity index (χ1v) is 5.87. The lowest BCUT2D eigenvalue weighted by Crippen LogP contribution is -2.32. The highest BCUT2D eigenvalue weighted by atomic mass is 16.5. The second-order valence-corrected chi connectivity index (χ2v) is 4.42. The number of rotatable bonds is 3. The number of ether oxygens (including phenoxy) is 1. The quantitative estimate of drug-likeness (QED) is 0.845. The van der Waals surface area contributed by atoms with Crippen LogP contribution in [0.5, 0.6) is 5.75 Å². The normalized spacial score (nSPS) is 24.8. The van der Waals surface area contributed by atoms with E-state index in [0.29, 0.717) is 12.0 Å². The van der Waals surface area contributed by atoms with Gasteiger partial charge in [-0.3, -0.25) is 0 Å². The van der Waals surface area contributed by atoms with Crippen molar-refractivity contribution >= 4 is 5.69 Å². The molecule has 16 heavy (non-hydrogen) atoms. The summed E-state index contributed by atoms with van der Waals surface area (Å²) in [5.41, 5.74) is 7.01. The highest BCUT2D eigenvalue weighted by Crippen LogP contribution is 2.30. The van der Waals surface area contributed by atoms with Gasteiger partial charge in [-0.2, -0.15) is 0 Å². The van der Waals surface area contributed by atoms with Gasteiger partial charge >= 0.3 is 0 Å². The molecule has 3 heteroatoms. The van der Waals surface area contributed by atoms with Crippen LogP contribution in [0.1, 0.15) is 13.3 Å². The standard InChI is InChI=1S/C13H20N2O/c1-10-11(9-14)6-7-15(10)12-4-3-5-13(8-12)16-2/h3-5,8,10-11H,6-7,9,14H2,1-2H3. The van der Waals surface area contributed by atoms with Crippen LogP contribution in [-0.2, 0) is 0 Å². The van der Waals surface area contributed by atoms with Crippen LogP contribution in [-0.4, -0.2) is 26.2 Å². The van der Waals surface area contributed by atoms with Crippen LogP contribution in [0.25, 0.3) is 0 Å². The van der Waals surface area contributed by atoms with E-state index in [1.807, 2.05) is 12.1 Å². The van der Waals surface area contributed by atoms with E-state index < -0.39 is 0 Å². The van der Waals surface area contributed by atoms with Crippen molar-refractivity contribution in [1.29, 1.82) is 0 Å². The molecule has 1 aliphatic rings. The number of nitrogens with zero attached hydrogens (tertiary/aromatic N) is 1. The van der Waals surface area contributed by atoms with Crippen molar-refractivity contribution in [3.8, 4) is 5.75 Å². The first kappa shape index (κ1) is 11.3. The summed E-state index contributed by atoms with van der Waals surface area (Å²) in [4.78, 5) is 2.42. The molecule has 0 aromatic heterocycles. The third-order valence-electron chi connectivity index (χ3n) is 3.60. The summed E-state index contributed by atoms with van der Waals surface area (Å²) >= 11 is 0. The number of anilines is 1. The highest BCUT2D eigenvalue weighted by molar-refractivity contribution is 5.52. The van der Waals surface area contributed by atoms with Crippen LogP contribution in [0.2, 0.25) is 0 Å². The Bertz CT molecular complexity index is 354. The van der Waals surface area contributed by atoms with Crippen LogP contribution in [0, 0.1) is 5.92 Å². The smallest absolute Gasteiger partial charge is 0.120 e. The number of methoxy groups -OCH3 is 1. The molecule has 0 spiro atoms. The Morgan fingerprint density at radius 2 is 2.31 bits per heavy atom. The first-order valence-electron chi connectivity index (χ1n) is 5.87. The third kappa shape index (κ3) is 2.00. The zero-order valence-corrected chi connectivity index (χ0v) is 10.0. The zero-order valence-electron chi connectivity index (χ0n) is 10.0. The van der Waals surface area contributed by atoms with E-state index in [0.717, 1.165) is 18.8 Å². The fraction of sp³-hybridized carbons (Fsp3) is 0.538. The van der Waals surface area contributed by atoms with Gasteiger partial charge in [-0.15, -0.1) is 0 Å². The molecule has 2 unspecified atom stereocenters. The number of benzene rings is 1. The van der Waals surface area contributed by atoms with Gasteiger partial charge in [0.25, 0.3) is 0 Å². The summed E-state index contributed by atoms with van der Waals surface area (Å²) in [5.74, 6) is 1.53. The van der Waals surface area contributed by atoms with Gasteiger partial charge in [0, 0.05) is 24.3 Å². The predicted molar refractivity (Wildman–Crippen MR) is 67.0 cm³/mol. The van der Waals surface area contributed by atoms with Gasteiger partial charge in [0.1, 0.15) is 5.75 Å². The molecule has 0 aliphatic carbocycles. The van der Waals surface area contributed by atoms with Crippen LogP contribution in [0.4, 0.5) is 5.69 Å². The predicted octanol–water partition coefficient (Wildman–Crippen LogP) is 1.87. The fourth-order valence-electron chi connectivity index (χ4n) is 2.47. The maximum atomic E-state index is 5.77. The van der Waals surface area contributed by atoms with Crippen molar-refractivity contribution in [3.63, 3.8) is 0 Å². The lowest BCUT2D eigenvalue weighted by Gasteiger charge is -2.26. The largest absolute Gasteiger partial charge is 0.497 e. The second-order valence-electron chi connectivity index (χ2n) is 4.42. The molecule has 88 valence electrons. The molecule has 0 amide bonds. The molecule has 1 saturated heterocycles. The maximum Gasteiger partial charge on any atom is 0.120 e. The SMILES string of the molecule is COc1cccc(N2CCC(CN)C2C)c1. The summed E-state index contributed by atoms with van der Waals surface area (Å²) < 4.78 is 5.25. The Hall–Kier alpha value is -1.22. The van der Waals surface area contributed by atoms with Gasteiger partial charge in [0.05, 0.1) is 7.11 Å². The number of nitrogens with two attached hydrogens (primary N) is 1. The fourth-order valence-corrected chi connectivity index (χ4v) is 2.47. The van der Waals surface area contributed by atoms with Gasteiger partial charge in [-0.1, -0.05) is 6.07 Å². The molecule has 2 N–H and O–H groups in total. The Morgan fingerprint density at radius 1 is 1.50 bits per heavy atom. The van der Waals surface area contributed by atoms with E-state index >= 15 is 0 Å². The van der Waals surface area contributed by atoms with Crippen LogP contribution < -0.4 is 15.4 Å². The molecule has 2 rings (SSSR count). The van der Waals surface area contributed by atoms with E-state index in [9.17, 15) is 0 Å². The lowest BCUT2D eigenvalue weighted by molar-refractivity contribution is 0.414. The van der Waals surface area contributed by atoms with Crippen LogP contribution in [0.15, 0.2) is 24.3 Å². The van der Waals surface area contributed by atoms with Crippen LogP contribution >= 0.6 is 0 Å². The molecule has 2 atom stereocenters. The van der Waals surface area contributed by atoms with E-state index in [4.69, 9.17) is 10.5 Å². The Balaban J connectivity index is 2.18. The molecular formula is C13H20N2O. The Labute approximate surface area is 97.2 Å². The zero-order chi connectivity index (χ0) is 11.5. The molecule has 1 aliphatic heterocycles. The van der Waals surface area contributed by atoms with E-state index in [-0.39, 0.29) is 0 Å². The van der Waals surface area contributed by atoms with Crippen LogP contribution in [0.3, 0.4) is 0 Å². The van der Waals surface area contributed by atoms with Gasteiger partial charge in [-0.25, -0.2) is 0 Å². The van der Waals surface area contributed by atoms with E-state index in [1.165, 1.54) is 12.1 Å². The molecule has 3 nitrogen and oxygen atoms in total. The molecule has 1 fully saturated rings. The monoisotopic (exact) mass is 220 g/mol. The average Bonchev–Trinajstić information content (AvgIpc) is 2.70. The summed E-state index contributed by atoms with van der Waals surface area (Å²) in [6.07, 6.45) is 1.19. The van der Waals surface area contributed by atoms with E-state index in [2.05, 4.69) is 24.0 Å². The Morgan fingerprint density at radius 3 is 2.94 bits per heavy atom. The van der Waals surface area contributed by atoms with Gasteiger partial charge in [0.2, 0.25) is 0 Å².